The van der Waals surface area contributed by atoms with Crippen LogP contribution in [0.25, 0.3) is 0 Å². The molecule has 0 aliphatic heterocycles. The van der Waals surface area contributed by atoms with E-state index in [9.17, 15) is 9.18 Å². The lowest BCUT2D eigenvalue weighted by Crippen LogP contribution is -2.20. The molecule has 1 fully saturated rings. The number of nitrogens with zero attached hydrogens (tertiary/aromatic N) is 1. The Hall–Kier alpha value is -2.20. The van der Waals surface area contributed by atoms with E-state index >= 15 is 0 Å². The van der Waals surface area contributed by atoms with E-state index in [4.69, 9.17) is 11.6 Å². The fourth-order valence-corrected chi connectivity index (χ4v) is 2.64. The molecule has 2 atom stereocenters. The number of carbonyl (C=O) groups excluding carboxylic acids is 1. The molecule has 0 heterocycles. The maximum absolute atomic E-state index is 13.5. The summed E-state index contributed by atoms with van der Waals surface area (Å²) in [6, 6.07) is 14.3. The van der Waals surface area contributed by atoms with Gasteiger partial charge in [0.1, 0.15) is 5.82 Å². The van der Waals surface area contributed by atoms with Crippen LogP contribution in [-0.2, 0) is 4.79 Å². The van der Waals surface area contributed by atoms with Gasteiger partial charge in [-0.1, -0.05) is 48.0 Å². The Bertz CT molecular complexity index is 698. The van der Waals surface area contributed by atoms with Gasteiger partial charge in [-0.05, 0) is 30.0 Å². The zero-order valence-corrected chi connectivity index (χ0v) is 12.4. The van der Waals surface area contributed by atoms with Crippen molar-refractivity contribution in [2.24, 2.45) is 11.0 Å². The molecule has 1 N–H and O–H groups in total. The van der Waals surface area contributed by atoms with Crippen LogP contribution in [0.15, 0.2) is 53.6 Å². The smallest absolute Gasteiger partial charge is 0.243 e. The highest BCUT2D eigenvalue weighted by molar-refractivity contribution is 6.33. The van der Waals surface area contributed by atoms with Crippen molar-refractivity contribution in [2.45, 2.75) is 12.3 Å². The van der Waals surface area contributed by atoms with E-state index in [1.54, 1.807) is 6.07 Å². The fraction of sp³-hybridized carbons (Fsp3) is 0.176. The van der Waals surface area contributed by atoms with E-state index in [0.717, 1.165) is 12.0 Å². The molecule has 112 valence electrons. The molecule has 0 unspecified atom stereocenters. The summed E-state index contributed by atoms with van der Waals surface area (Å²) in [5.41, 5.74) is 3.78. The third kappa shape index (κ3) is 3.17. The summed E-state index contributed by atoms with van der Waals surface area (Å²) in [6.45, 7) is 0. The maximum Gasteiger partial charge on any atom is 0.243 e. The van der Waals surface area contributed by atoms with E-state index in [0.29, 0.717) is 0 Å². The highest BCUT2D eigenvalue weighted by atomic mass is 35.5. The summed E-state index contributed by atoms with van der Waals surface area (Å²) in [6.07, 6.45) is 2.04. The monoisotopic (exact) mass is 316 g/mol. The minimum absolute atomic E-state index is 0.0735. The molecule has 1 aliphatic rings. The zero-order chi connectivity index (χ0) is 15.5. The normalized spacial score (nSPS) is 20.1. The number of nitrogens with one attached hydrogen (secondary N) is 1. The van der Waals surface area contributed by atoms with Gasteiger partial charge in [0.15, 0.2) is 0 Å². The summed E-state index contributed by atoms with van der Waals surface area (Å²) < 4.78 is 13.5. The first-order chi connectivity index (χ1) is 10.7. The van der Waals surface area contributed by atoms with Gasteiger partial charge in [0, 0.05) is 11.5 Å². The molecule has 1 amide bonds. The average Bonchev–Trinajstić information content (AvgIpc) is 3.32. The molecule has 2 aromatic carbocycles. The lowest BCUT2D eigenvalue weighted by atomic mass is 10.1. The molecule has 3 nitrogen and oxygen atoms in total. The van der Waals surface area contributed by atoms with Crippen molar-refractivity contribution in [3.63, 3.8) is 0 Å². The molecule has 5 heteroatoms. The lowest BCUT2D eigenvalue weighted by molar-refractivity contribution is -0.122. The van der Waals surface area contributed by atoms with E-state index in [1.807, 2.05) is 30.3 Å². The number of benzene rings is 2. The minimum Gasteiger partial charge on any atom is -0.273 e. The van der Waals surface area contributed by atoms with Gasteiger partial charge in [-0.15, -0.1) is 0 Å². The SMILES string of the molecule is O=C(N/N=C\c1c(F)cccc1Cl)[C@H]1C[C@@H]1c1ccccc1. The second-order valence-corrected chi connectivity index (χ2v) is 5.64. The van der Waals surface area contributed by atoms with Gasteiger partial charge in [0.25, 0.3) is 0 Å². The van der Waals surface area contributed by atoms with Crippen molar-refractivity contribution in [2.75, 3.05) is 0 Å². The number of rotatable bonds is 4. The van der Waals surface area contributed by atoms with Gasteiger partial charge in [0.05, 0.1) is 11.2 Å². The zero-order valence-electron chi connectivity index (χ0n) is 11.7. The van der Waals surface area contributed by atoms with Crippen LogP contribution >= 0.6 is 11.6 Å². The van der Waals surface area contributed by atoms with E-state index in [2.05, 4.69) is 10.5 Å². The van der Waals surface area contributed by atoms with Crippen molar-refractivity contribution >= 4 is 23.7 Å². The number of carbonyl (C=O) groups is 1. The summed E-state index contributed by atoms with van der Waals surface area (Å²) in [5, 5.41) is 4.06. The highest BCUT2D eigenvalue weighted by Crippen LogP contribution is 2.47. The molecule has 0 bridgehead atoms. The first-order valence-electron chi connectivity index (χ1n) is 6.98. The van der Waals surface area contributed by atoms with Crippen molar-refractivity contribution in [3.8, 4) is 0 Å². The summed E-state index contributed by atoms with van der Waals surface area (Å²) in [4.78, 5) is 12.0. The fourth-order valence-electron chi connectivity index (χ4n) is 2.43. The predicted molar refractivity (Wildman–Crippen MR) is 84.4 cm³/mol. The van der Waals surface area contributed by atoms with Crippen LogP contribution in [0.5, 0.6) is 0 Å². The van der Waals surface area contributed by atoms with Crippen molar-refractivity contribution in [1.29, 1.82) is 0 Å². The Morgan fingerprint density at radius 1 is 1.23 bits per heavy atom. The molecule has 0 radical (unpaired) electrons. The van der Waals surface area contributed by atoms with Crippen LogP contribution < -0.4 is 5.43 Å². The maximum atomic E-state index is 13.5. The third-order valence-corrected chi connectivity index (χ3v) is 4.05. The summed E-state index contributed by atoms with van der Waals surface area (Å²) >= 11 is 5.88. The van der Waals surface area contributed by atoms with E-state index in [-0.39, 0.29) is 28.3 Å². The van der Waals surface area contributed by atoms with E-state index in [1.165, 1.54) is 18.3 Å². The van der Waals surface area contributed by atoms with Gasteiger partial charge in [-0.3, -0.25) is 4.79 Å². The number of hydrazone groups is 1. The summed E-state index contributed by atoms with van der Waals surface area (Å²) in [5.74, 6) is -0.458. The first-order valence-corrected chi connectivity index (χ1v) is 7.36. The third-order valence-electron chi connectivity index (χ3n) is 3.72. The predicted octanol–water partition coefficient (Wildman–Crippen LogP) is 3.73. The number of amides is 1. The Kier molecular flexibility index (Phi) is 4.20. The molecular weight excluding hydrogens is 303 g/mol. The first kappa shape index (κ1) is 14.7. The van der Waals surface area contributed by atoms with E-state index < -0.39 is 5.82 Å². The molecule has 3 rings (SSSR count). The van der Waals surface area contributed by atoms with Gasteiger partial charge in [0.2, 0.25) is 5.91 Å². The van der Waals surface area contributed by atoms with Crippen molar-refractivity contribution in [3.05, 3.63) is 70.5 Å². The molecule has 0 aromatic heterocycles. The highest BCUT2D eigenvalue weighted by Gasteiger charge is 2.43. The molecule has 0 saturated heterocycles. The van der Waals surface area contributed by atoms with Crippen LogP contribution in [-0.4, -0.2) is 12.1 Å². The topological polar surface area (TPSA) is 41.5 Å². The van der Waals surface area contributed by atoms with Crippen molar-refractivity contribution < 1.29 is 9.18 Å². The van der Waals surface area contributed by atoms with Gasteiger partial charge in [-0.2, -0.15) is 5.10 Å². The van der Waals surface area contributed by atoms with Gasteiger partial charge < -0.3 is 0 Å². The number of halogens is 2. The van der Waals surface area contributed by atoms with Crippen molar-refractivity contribution in [1.82, 2.24) is 5.43 Å². The second-order valence-electron chi connectivity index (χ2n) is 5.23. The van der Waals surface area contributed by atoms with Gasteiger partial charge in [-0.25, -0.2) is 9.82 Å². The Labute approximate surface area is 132 Å². The standard InChI is InChI=1S/C17H14ClFN2O/c18-15-7-4-8-16(19)14(15)10-20-21-17(22)13-9-12(13)11-5-2-1-3-6-11/h1-8,10,12-13H,9H2,(H,21,22)/b20-10-/t12-,13+/m1/s1. The minimum atomic E-state index is -0.473. The molecule has 1 saturated carbocycles. The van der Waals surface area contributed by atoms with Crippen LogP contribution in [0.3, 0.4) is 0 Å². The Morgan fingerprint density at radius 3 is 2.73 bits per heavy atom. The number of hydrogen-bond acceptors (Lipinski definition) is 2. The molecule has 2 aromatic rings. The van der Waals surface area contributed by atoms with Gasteiger partial charge >= 0.3 is 0 Å². The molecule has 1 aliphatic carbocycles. The average molecular weight is 317 g/mol. The summed E-state index contributed by atoms with van der Waals surface area (Å²) in [7, 11) is 0. The van der Waals surface area contributed by atoms with Crippen LogP contribution in [0.2, 0.25) is 5.02 Å². The molecular formula is C17H14ClFN2O. The number of hydrogen-bond donors (Lipinski definition) is 1. The quantitative estimate of drug-likeness (QED) is 0.677. The van der Waals surface area contributed by atoms with Crippen LogP contribution in [0.1, 0.15) is 23.5 Å². The van der Waals surface area contributed by atoms with Crippen LogP contribution in [0.4, 0.5) is 4.39 Å². The molecule has 22 heavy (non-hydrogen) atoms. The Balaban J connectivity index is 1.59. The lowest BCUT2D eigenvalue weighted by Gasteiger charge is -2.01. The molecule has 0 spiro atoms. The largest absolute Gasteiger partial charge is 0.273 e. The second kappa shape index (κ2) is 6.28. The Morgan fingerprint density at radius 2 is 2.00 bits per heavy atom. The van der Waals surface area contributed by atoms with Crippen LogP contribution in [0, 0.1) is 11.7 Å².